The molecule has 1 fully saturated rings. The second kappa shape index (κ2) is 6.57. The Bertz CT molecular complexity index is 633. The van der Waals surface area contributed by atoms with Crippen molar-refractivity contribution in [1.82, 2.24) is 9.71 Å². The molecule has 0 radical (unpaired) electrons. The first-order chi connectivity index (χ1) is 10.7. The highest BCUT2D eigenvalue weighted by atomic mass is 32.2. The molecule has 2 unspecified atom stereocenters. The Morgan fingerprint density at radius 1 is 1.50 bits per heavy atom. The van der Waals surface area contributed by atoms with Crippen LogP contribution in [0.4, 0.5) is 5.82 Å². The maximum Gasteiger partial charge on any atom is 0.128 e. The fraction of sp³-hybridized carbons (Fsp3) is 0.412. The lowest BCUT2D eigenvalue weighted by molar-refractivity contribution is 0.699. The van der Waals surface area contributed by atoms with E-state index in [9.17, 15) is 0 Å². The highest BCUT2D eigenvalue weighted by Gasteiger charge is 2.41. The van der Waals surface area contributed by atoms with Gasteiger partial charge in [-0.3, -0.25) is 4.99 Å². The van der Waals surface area contributed by atoms with Crippen LogP contribution in [0.25, 0.3) is 0 Å². The molecule has 1 aromatic heterocycles. The molecule has 0 saturated carbocycles. The average molecular weight is 318 g/mol. The Morgan fingerprint density at radius 3 is 3.27 bits per heavy atom. The maximum atomic E-state index is 4.75. The van der Waals surface area contributed by atoms with Gasteiger partial charge in [0.1, 0.15) is 11.7 Å². The van der Waals surface area contributed by atoms with E-state index < -0.39 is 0 Å². The van der Waals surface area contributed by atoms with E-state index in [1.54, 1.807) is 11.9 Å². The number of rotatable bonds is 5. The molecule has 1 aliphatic heterocycles. The zero-order valence-corrected chi connectivity index (χ0v) is 13.9. The smallest absolute Gasteiger partial charge is 0.128 e. The van der Waals surface area contributed by atoms with Crippen molar-refractivity contribution in [3.05, 3.63) is 48.2 Å². The van der Waals surface area contributed by atoms with Crippen molar-refractivity contribution in [2.45, 2.75) is 25.0 Å². The number of pyridine rings is 1. The van der Waals surface area contributed by atoms with Crippen molar-refractivity contribution in [2.75, 3.05) is 18.4 Å². The molecule has 5 heteroatoms. The minimum Gasteiger partial charge on any atom is -0.370 e. The van der Waals surface area contributed by atoms with Crippen LogP contribution in [0.5, 0.6) is 0 Å². The molecule has 0 aromatic carbocycles. The largest absolute Gasteiger partial charge is 0.370 e. The first-order valence-electron chi connectivity index (χ1n) is 7.69. The summed E-state index contributed by atoms with van der Waals surface area (Å²) in [6.07, 6.45) is 11.5. The van der Waals surface area contributed by atoms with Gasteiger partial charge in [0, 0.05) is 22.1 Å². The predicted octanol–water partition coefficient (Wildman–Crippen LogP) is 3.83. The van der Waals surface area contributed by atoms with E-state index in [1.807, 2.05) is 12.3 Å². The third-order valence-electron chi connectivity index (χ3n) is 4.05. The number of anilines is 1. The van der Waals surface area contributed by atoms with Crippen LogP contribution >= 0.6 is 11.9 Å². The number of aryl methyl sites for hydroxylation is 1. The fourth-order valence-corrected chi connectivity index (χ4v) is 3.67. The van der Waals surface area contributed by atoms with E-state index in [1.165, 1.54) is 5.56 Å². The molecule has 2 atom stereocenters. The molecular formula is C17H26N4S. The summed E-state index contributed by atoms with van der Waals surface area (Å²) < 4.78 is 3.50. The first-order valence-corrected chi connectivity index (χ1v) is 8.50. The number of hydrogen-bond acceptors (Lipinski definition) is 4. The molecule has 1 aromatic rings. The lowest BCUT2D eigenvalue weighted by Gasteiger charge is -2.24. The summed E-state index contributed by atoms with van der Waals surface area (Å²) in [6.45, 7) is 6.04. The lowest BCUT2D eigenvalue weighted by Crippen LogP contribution is -2.29. The van der Waals surface area contributed by atoms with Gasteiger partial charge in [0.05, 0.1) is 10.7 Å². The summed E-state index contributed by atoms with van der Waals surface area (Å²) in [4.78, 5) is 9.08. The number of hydrogen-bond donors (Lipinski definition) is 2. The topological polar surface area (TPSA) is 49.3 Å². The van der Waals surface area contributed by atoms with Crippen molar-refractivity contribution < 1.29 is 2.85 Å². The summed E-state index contributed by atoms with van der Waals surface area (Å²) in [5.41, 5.74) is 1.18. The van der Waals surface area contributed by atoms with E-state index >= 15 is 0 Å². The summed E-state index contributed by atoms with van der Waals surface area (Å²) in [5, 5.41) is 3.37. The van der Waals surface area contributed by atoms with E-state index in [4.69, 9.17) is 4.99 Å². The fourth-order valence-electron chi connectivity index (χ4n) is 2.69. The molecule has 0 bridgehead atoms. The van der Waals surface area contributed by atoms with Crippen molar-refractivity contribution in [3.63, 3.8) is 0 Å². The third kappa shape index (κ3) is 3.19. The highest BCUT2D eigenvalue weighted by Crippen LogP contribution is 2.41. The molecule has 1 aliphatic carbocycles. The van der Waals surface area contributed by atoms with Gasteiger partial charge in [-0.2, -0.15) is 0 Å². The minimum atomic E-state index is 0. The van der Waals surface area contributed by atoms with E-state index in [2.05, 4.69) is 59.2 Å². The molecule has 22 heavy (non-hydrogen) atoms. The zero-order valence-electron chi connectivity index (χ0n) is 13.0. The van der Waals surface area contributed by atoms with Crippen LogP contribution in [0.1, 0.15) is 21.8 Å². The monoisotopic (exact) mass is 318 g/mol. The summed E-state index contributed by atoms with van der Waals surface area (Å²) in [7, 11) is 0. The predicted molar refractivity (Wildman–Crippen MR) is 99.5 cm³/mol. The van der Waals surface area contributed by atoms with Crippen LogP contribution in [0.15, 0.2) is 47.6 Å². The molecular weight excluding hydrogens is 292 g/mol. The molecule has 0 amide bonds. The van der Waals surface area contributed by atoms with Crippen LogP contribution in [0.2, 0.25) is 0 Å². The number of fused-ring (bicyclic) bond motifs is 1. The van der Waals surface area contributed by atoms with Crippen LogP contribution in [-0.4, -0.2) is 28.7 Å². The Balaban J connectivity index is 0.00000144. The van der Waals surface area contributed by atoms with Crippen molar-refractivity contribution in [3.8, 4) is 0 Å². The van der Waals surface area contributed by atoms with Gasteiger partial charge in [0.2, 0.25) is 0 Å². The van der Waals surface area contributed by atoms with Crippen molar-refractivity contribution >= 4 is 23.6 Å². The van der Waals surface area contributed by atoms with Gasteiger partial charge >= 0.3 is 0 Å². The average Bonchev–Trinajstić information content (AvgIpc) is 2.86. The van der Waals surface area contributed by atoms with Gasteiger partial charge in [0.15, 0.2) is 0 Å². The first kappa shape index (κ1) is 15.2. The van der Waals surface area contributed by atoms with Crippen LogP contribution in [0, 0.1) is 12.8 Å². The van der Waals surface area contributed by atoms with Gasteiger partial charge in [-0.1, -0.05) is 30.4 Å². The van der Waals surface area contributed by atoms with Gasteiger partial charge in [0.25, 0.3) is 0 Å². The number of nitrogens with zero attached hydrogens (tertiary/aromatic N) is 2. The quantitative estimate of drug-likeness (QED) is 0.640. The number of amidine groups is 1. The number of nitrogens with one attached hydrogen (secondary N) is 2. The minimum absolute atomic E-state index is 0. The Labute approximate surface area is 139 Å². The number of aliphatic imine (C=N–C) groups is 1. The van der Waals surface area contributed by atoms with Crippen molar-refractivity contribution in [1.29, 1.82) is 0 Å². The van der Waals surface area contributed by atoms with Gasteiger partial charge in [-0.05, 0) is 43.8 Å². The molecule has 0 spiro atoms. The van der Waals surface area contributed by atoms with Gasteiger partial charge < -0.3 is 10.0 Å². The molecule has 3 rings (SSSR count). The summed E-state index contributed by atoms with van der Waals surface area (Å²) in [5.74, 6) is 2.44. The number of allylic oxidation sites excluding steroid dienone is 2. The van der Waals surface area contributed by atoms with Crippen LogP contribution in [-0.2, 0) is 0 Å². The molecule has 2 aliphatic rings. The Morgan fingerprint density at radius 2 is 2.41 bits per heavy atom. The molecule has 2 heterocycles. The number of aromatic nitrogens is 1. The highest BCUT2D eigenvalue weighted by molar-refractivity contribution is 8.00. The molecule has 1 saturated heterocycles. The van der Waals surface area contributed by atoms with Crippen LogP contribution < -0.4 is 10.0 Å². The van der Waals surface area contributed by atoms with E-state index in [0.29, 0.717) is 5.92 Å². The van der Waals surface area contributed by atoms with E-state index in [-0.39, 0.29) is 7.60 Å². The standard InChI is InChI=1S/C17H22N4S.2H2/c1-13-7-5-10-18-15(13)19-11-6-12-20-16-14-8-3-4-9-17(14,2)22-21-16;;/h3-5,7-10,14H,6,11-12H2,1-2H3,(H,18,19)(H,20,21);2*1H. The second-order valence-corrected chi connectivity index (χ2v) is 7.11. The second-order valence-electron chi connectivity index (χ2n) is 5.83. The van der Waals surface area contributed by atoms with Crippen molar-refractivity contribution in [2.24, 2.45) is 10.9 Å². The van der Waals surface area contributed by atoms with Crippen LogP contribution in [0.3, 0.4) is 0 Å². The van der Waals surface area contributed by atoms with Gasteiger partial charge in [-0.15, -0.1) is 0 Å². The molecule has 2 N–H and O–H groups in total. The molecule has 4 nitrogen and oxygen atoms in total. The zero-order chi connectivity index (χ0) is 15.4. The SMILES string of the molecule is Cc1cccnc1NCCCN=C1NSC2(C)C=CC=CC12.[HH].[HH]. The Hall–Kier alpha value is -1.75. The lowest BCUT2D eigenvalue weighted by atomic mass is 9.88. The Kier molecular flexibility index (Phi) is 4.52. The van der Waals surface area contributed by atoms with E-state index in [0.717, 1.165) is 31.2 Å². The maximum absolute atomic E-state index is 4.75. The normalized spacial score (nSPS) is 27.7. The van der Waals surface area contributed by atoms with Gasteiger partial charge in [-0.25, -0.2) is 4.98 Å². The third-order valence-corrected chi connectivity index (χ3v) is 5.19. The summed E-state index contributed by atoms with van der Waals surface area (Å²) in [6, 6.07) is 4.03. The molecule has 120 valence electrons. The summed E-state index contributed by atoms with van der Waals surface area (Å²) >= 11 is 1.75.